The summed E-state index contributed by atoms with van der Waals surface area (Å²) in [4.78, 5) is 0. The lowest BCUT2D eigenvalue weighted by Gasteiger charge is -2.14. The maximum atomic E-state index is 5.69. The van der Waals surface area contributed by atoms with Crippen LogP contribution in [0, 0.1) is 20.8 Å². The highest BCUT2D eigenvalue weighted by Gasteiger charge is 2.08. The first-order valence-corrected chi connectivity index (χ1v) is 5.76. The van der Waals surface area contributed by atoms with Gasteiger partial charge in [-0.15, -0.1) is 0 Å². The molecule has 0 heterocycles. The zero-order valence-electron chi connectivity index (χ0n) is 9.78. The Morgan fingerprint density at radius 2 is 1.93 bits per heavy atom. The maximum Gasteiger partial charge on any atom is 0.123 e. The van der Waals surface area contributed by atoms with Crippen molar-refractivity contribution in [1.82, 2.24) is 0 Å². The number of hydrogen-bond donors (Lipinski definition) is 0. The second-order valence-corrected chi connectivity index (χ2v) is 4.79. The van der Waals surface area contributed by atoms with Gasteiger partial charge in [-0.05, 0) is 56.0 Å². The largest absolute Gasteiger partial charge is 0.489 e. The molecule has 0 fully saturated rings. The summed E-state index contributed by atoms with van der Waals surface area (Å²) in [6, 6.07) is 2.06. The fourth-order valence-electron chi connectivity index (χ4n) is 1.36. The molecule has 82 valence electrons. The zero-order valence-corrected chi connectivity index (χ0v) is 11.4. The van der Waals surface area contributed by atoms with Gasteiger partial charge in [0.25, 0.3) is 0 Å². The molecule has 0 N–H and O–H groups in total. The van der Waals surface area contributed by atoms with Crippen molar-refractivity contribution < 1.29 is 4.74 Å². The monoisotopic (exact) mass is 268 g/mol. The van der Waals surface area contributed by atoms with E-state index in [4.69, 9.17) is 4.74 Å². The predicted molar refractivity (Wildman–Crippen MR) is 68.7 cm³/mol. The predicted octanol–water partition coefficient (Wildman–Crippen LogP) is 4.33. The van der Waals surface area contributed by atoms with Crippen LogP contribution in [0.25, 0.3) is 0 Å². The molecule has 0 unspecified atom stereocenters. The van der Waals surface area contributed by atoms with E-state index in [0.717, 1.165) is 11.3 Å². The number of halogens is 1. The number of benzene rings is 1. The van der Waals surface area contributed by atoms with Crippen molar-refractivity contribution >= 4 is 15.9 Å². The lowest BCUT2D eigenvalue weighted by atomic mass is 10.1. The van der Waals surface area contributed by atoms with Gasteiger partial charge in [0.2, 0.25) is 0 Å². The summed E-state index contributed by atoms with van der Waals surface area (Å²) in [7, 11) is 0. The third-order valence-corrected chi connectivity index (χ3v) is 3.65. The van der Waals surface area contributed by atoms with Crippen molar-refractivity contribution in [3.8, 4) is 5.75 Å². The quantitative estimate of drug-likeness (QED) is 0.742. The van der Waals surface area contributed by atoms with E-state index >= 15 is 0 Å². The fraction of sp³-hybridized carbons (Fsp3) is 0.385. The van der Waals surface area contributed by atoms with E-state index in [1.54, 1.807) is 0 Å². The van der Waals surface area contributed by atoms with Crippen LogP contribution in [0.2, 0.25) is 0 Å². The summed E-state index contributed by atoms with van der Waals surface area (Å²) in [5.41, 5.74) is 4.67. The van der Waals surface area contributed by atoms with Gasteiger partial charge in [0.15, 0.2) is 0 Å². The van der Waals surface area contributed by atoms with E-state index in [1.807, 2.05) is 6.92 Å². The number of rotatable bonds is 3. The molecule has 0 saturated carbocycles. The number of ether oxygens (including phenoxy) is 1. The molecule has 0 aliphatic rings. The highest BCUT2D eigenvalue weighted by molar-refractivity contribution is 9.10. The van der Waals surface area contributed by atoms with Gasteiger partial charge < -0.3 is 4.74 Å². The third-order valence-electron chi connectivity index (χ3n) is 2.43. The second-order valence-electron chi connectivity index (χ2n) is 4.00. The molecule has 0 amide bonds. The second kappa shape index (κ2) is 4.84. The van der Waals surface area contributed by atoms with E-state index in [2.05, 4.69) is 49.3 Å². The Balaban J connectivity index is 3.04. The molecule has 1 aromatic carbocycles. The highest BCUT2D eigenvalue weighted by atomic mass is 79.9. The zero-order chi connectivity index (χ0) is 11.6. The first-order chi connectivity index (χ1) is 6.93. The van der Waals surface area contributed by atoms with Crippen molar-refractivity contribution in [2.45, 2.75) is 27.7 Å². The average molecular weight is 269 g/mol. The van der Waals surface area contributed by atoms with Crippen LogP contribution in [-0.4, -0.2) is 6.61 Å². The maximum absolute atomic E-state index is 5.69. The SMILES string of the molecule is C=C(C)COc1cc(C)c(Br)c(C)c1C. The first-order valence-electron chi connectivity index (χ1n) is 4.97. The van der Waals surface area contributed by atoms with Crippen molar-refractivity contribution in [3.63, 3.8) is 0 Å². The Labute approximate surface area is 100 Å². The van der Waals surface area contributed by atoms with E-state index in [1.165, 1.54) is 21.2 Å². The summed E-state index contributed by atoms with van der Waals surface area (Å²) in [6.45, 7) is 12.6. The topological polar surface area (TPSA) is 9.23 Å². The Morgan fingerprint density at radius 3 is 2.47 bits per heavy atom. The van der Waals surface area contributed by atoms with Crippen LogP contribution in [0.4, 0.5) is 0 Å². The molecule has 1 nitrogen and oxygen atoms in total. The fourth-order valence-corrected chi connectivity index (χ4v) is 1.78. The molecule has 0 aliphatic heterocycles. The van der Waals surface area contributed by atoms with Crippen LogP contribution in [-0.2, 0) is 0 Å². The lowest BCUT2D eigenvalue weighted by Crippen LogP contribution is -2.01. The third kappa shape index (κ3) is 2.85. The molecule has 0 atom stereocenters. The Kier molecular flexibility index (Phi) is 3.97. The minimum atomic E-state index is 0.585. The van der Waals surface area contributed by atoms with Crippen molar-refractivity contribution in [2.75, 3.05) is 6.61 Å². The van der Waals surface area contributed by atoms with Gasteiger partial charge in [0, 0.05) is 4.47 Å². The molecule has 0 aliphatic carbocycles. The summed E-state index contributed by atoms with van der Waals surface area (Å²) in [5, 5.41) is 0. The molecule has 1 rings (SSSR count). The molecule has 2 heteroatoms. The van der Waals surface area contributed by atoms with Crippen molar-refractivity contribution in [1.29, 1.82) is 0 Å². The minimum absolute atomic E-state index is 0.585. The average Bonchev–Trinajstić information content (AvgIpc) is 2.18. The standard InChI is InChI=1S/C13H17BrO/c1-8(2)7-15-12-6-9(3)13(14)11(5)10(12)4/h6H,1,7H2,2-5H3. The van der Waals surface area contributed by atoms with Gasteiger partial charge in [-0.3, -0.25) is 0 Å². The van der Waals surface area contributed by atoms with Gasteiger partial charge in [-0.1, -0.05) is 22.5 Å². The van der Waals surface area contributed by atoms with E-state index in [-0.39, 0.29) is 0 Å². The van der Waals surface area contributed by atoms with Gasteiger partial charge in [0.1, 0.15) is 12.4 Å². The molecule has 0 radical (unpaired) electrons. The lowest BCUT2D eigenvalue weighted by molar-refractivity contribution is 0.349. The van der Waals surface area contributed by atoms with Crippen LogP contribution in [0.15, 0.2) is 22.7 Å². The van der Waals surface area contributed by atoms with Crippen LogP contribution < -0.4 is 4.74 Å². The minimum Gasteiger partial charge on any atom is -0.489 e. The highest BCUT2D eigenvalue weighted by Crippen LogP contribution is 2.31. The van der Waals surface area contributed by atoms with Gasteiger partial charge in [-0.25, -0.2) is 0 Å². The van der Waals surface area contributed by atoms with Gasteiger partial charge in [0.05, 0.1) is 0 Å². The molecular formula is C13H17BrO. The molecule has 1 aromatic rings. The molecule has 15 heavy (non-hydrogen) atoms. The molecule has 0 aromatic heterocycles. The van der Waals surface area contributed by atoms with Crippen molar-refractivity contribution in [3.05, 3.63) is 39.4 Å². The van der Waals surface area contributed by atoms with Crippen LogP contribution >= 0.6 is 15.9 Å². The van der Waals surface area contributed by atoms with Crippen LogP contribution in [0.3, 0.4) is 0 Å². The Bertz CT molecular complexity index is 394. The molecular weight excluding hydrogens is 252 g/mol. The summed E-state index contributed by atoms with van der Waals surface area (Å²) in [5.74, 6) is 0.955. The van der Waals surface area contributed by atoms with Crippen molar-refractivity contribution in [2.24, 2.45) is 0 Å². The summed E-state index contributed by atoms with van der Waals surface area (Å²) < 4.78 is 6.86. The molecule has 0 spiro atoms. The number of hydrogen-bond acceptors (Lipinski definition) is 1. The van der Waals surface area contributed by atoms with Crippen LogP contribution in [0.1, 0.15) is 23.6 Å². The van der Waals surface area contributed by atoms with E-state index < -0.39 is 0 Å². The van der Waals surface area contributed by atoms with Crippen LogP contribution in [0.5, 0.6) is 5.75 Å². The first kappa shape index (κ1) is 12.3. The summed E-state index contributed by atoms with van der Waals surface area (Å²) in [6.07, 6.45) is 0. The smallest absolute Gasteiger partial charge is 0.123 e. The molecule has 0 bridgehead atoms. The van der Waals surface area contributed by atoms with E-state index in [0.29, 0.717) is 6.61 Å². The Hall–Kier alpha value is -0.760. The van der Waals surface area contributed by atoms with Gasteiger partial charge in [-0.2, -0.15) is 0 Å². The normalized spacial score (nSPS) is 10.2. The van der Waals surface area contributed by atoms with Gasteiger partial charge >= 0.3 is 0 Å². The van der Waals surface area contributed by atoms with E-state index in [9.17, 15) is 0 Å². The molecule has 0 saturated heterocycles. The Morgan fingerprint density at radius 1 is 1.33 bits per heavy atom. The summed E-state index contributed by atoms with van der Waals surface area (Å²) >= 11 is 3.57. The number of aryl methyl sites for hydroxylation is 1.